The number of hydrogen-bond donors (Lipinski definition) is 0. The van der Waals surface area contributed by atoms with E-state index in [1.54, 1.807) is 0 Å². The summed E-state index contributed by atoms with van der Waals surface area (Å²) >= 11 is 0. The van der Waals surface area contributed by atoms with E-state index in [0.29, 0.717) is 0 Å². The SMILES string of the molecule is c1cncc(CC2CCCC2)c1. The molecule has 1 aromatic rings. The third kappa shape index (κ3) is 1.84. The summed E-state index contributed by atoms with van der Waals surface area (Å²) in [5, 5.41) is 0. The van der Waals surface area contributed by atoms with E-state index in [1.807, 2.05) is 18.5 Å². The first-order valence-corrected chi connectivity index (χ1v) is 4.84. The van der Waals surface area contributed by atoms with Gasteiger partial charge in [0.2, 0.25) is 0 Å². The van der Waals surface area contributed by atoms with E-state index in [2.05, 4.69) is 11.1 Å². The predicted octanol–water partition coefficient (Wildman–Crippen LogP) is 2.81. The van der Waals surface area contributed by atoms with Gasteiger partial charge >= 0.3 is 0 Å². The molecule has 12 heavy (non-hydrogen) atoms. The maximum Gasteiger partial charge on any atom is 0.0299 e. The van der Waals surface area contributed by atoms with Gasteiger partial charge in [0.25, 0.3) is 0 Å². The molecular formula is C11H15N. The van der Waals surface area contributed by atoms with Gasteiger partial charge in [-0.1, -0.05) is 31.7 Å². The average molecular weight is 161 g/mol. The molecule has 1 saturated carbocycles. The molecule has 1 aliphatic rings. The van der Waals surface area contributed by atoms with Gasteiger partial charge in [-0.15, -0.1) is 0 Å². The van der Waals surface area contributed by atoms with Crippen molar-refractivity contribution in [2.45, 2.75) is 32.1 Å². The van der Waals surface area contributed by atoms with Gasteiger partial charge in [0.05, 0.1) is 0 Å². The molecule has 0 aliphatic heterocycles. The second-order valence-corrected chi connectivity index (χ2v) is 3.72. The fraction of sp³-hybridized carbons (Fsp3) is 0.545. The van der Waals surface area contributed by atoms with E-state index in [1.165, 1.54) is 37.7 Å². The summed E-state index contributed by atoms with van der Waals surface area (Å²) in [5.74, 6) is 0.939. The van der Waals surface area contributed by atoms with Crippen LogP contribution < -0.4 is 0 Å². The Morgan fingerprint density at radius 1 is 1.33 bits per heavy atom. The van der Waals surface area contributed by atoms with Gasteiger partial charge in [0.1, 0.15) is 0 Å². The molecule has 0 radical (unpaired) electrons. The largest absolute Gasteiger partial charge is 0.264 e. The Balaban J connectivity index is 1.94. The Hall–Kier alpha value is -0.850. The van der Waals surface area contributed by atoms with Crippen molar-refractivity contribution in [3.8, 4) is 0 Å². The number of pyridine rings is 1. The molecule has 0 unspecified atom stereocenters. The highest BCUT2D eigenvalue weighted by Crippen LogP contribution is 2.27. The van der Waals surface area contributed by atoms with Crippen molar-refractivity contribution >= 4 is 0 Å². The van der Waals surface area contributed by atoms with Crippen LogP contribution in [0.1, 0.15) is 31.2 Å². The van der Waals surface area contributed by atoms with E-state index >= 15 is 0 Å². The Morgan fingerprint density at radius 2 is 2.17 bits per heavy atom. The first-order chi connectivity index (χ1) is 5.95. The second kappa shape index (κ2) is 3.70. The zero-order valence-corrected chi connectivity index (χ0v) is 7.37. The Kier molecular flexibility index (Phi) is 2.40. The predicted molar refractivity (Wildman–Crippen MR) is 49.9 cm³/mol. The zero-order valence-electron chi connectivity index (χ0n) is 7.37. The summed E-state index contributed by atoms with van der Waals surface area (Å²) in [4.78, 5) is 4.13. The lowest BCUT2D eigenvalue weighted by atomic mass is 9.99. The highest BCUT2D eigenvalue weighted by Gasteiger charge is 2.14. The lowest BCUT2D eigenvalue weighted by Crippen LogP contribution is -1.98. The van der Waals surface area contributed by atoms with Gasteiger partial charge in [-0.25, -0.2) is 0 Å². The third-order valence-corrected chi connectivity index (χ3v) is 2.72. The monoisotopic (exact) mass is 161 g/mol. The quantitative estimate of drug-likeness (QED) is 0.650. The molecule has 0 saturated heterocycles. The molecule has 1 aromatic heterocycles. The number of hydrogen-bond acceptors (Lipinski definition) is 1. The zero-order chi connectivity index (χ0) is 8.23. The smallest absolute Gasteiger partial charge is 0.0299 e. The van der Waals surface area contributed by atoms with E-state index in [4.69, 9.17) is 0 Å². The van der Waals surface area contributed by atoms with Gasteiger partial charge < -0.3 is 0 Å². The van der Waals surface area contributed by atoms with Crippen molar-refractivity contribution in [1.82, 2.24) is 4.98 Å². The second-order valence-electron chi connectivity index (χ2n) is 3.72. The van der Waals surface area contributed by atoms with Crippen molar-refractivity contribution < 1.29 is 0 Å². The Labute approximate surface area is 73.8 Å². The molecule has 0 spiro atoms. The minimum Gasteiger partial charge on any atom is -0.264 e. The molecule has 0 N–H and O–H groups in total. The number of rotatable bonds is 2. The summed E-state index contributed by atoms with van der Waals surface area (Å²) in [6, 6.07) is 4.22. The van der Waals surface area contributed by atoms with Crippen LogP contribution in [0.15, 0.2) is 24.5 Å². The number of aromatic nitrogens is 1. The first-order valence-electron chi connectivity index (χ1n) is 4.84. The molecule has 0 atom stereocenters. The third-order valence-electron chi connectivity index (χ3n) is 2.72. The molecule has 0 bridgehead atoms. The normalized spacial score (nSPS) is 18.3. The lowest BCUT2D eigenvalue weighted by Gasteiger charge is -2.07. The molecule has 1 heterocycles. The average Bonchev–Trinajstić information content (AvgIpc) is 2.59. The standard InChI is InChI=1S/C11H15N/c1-2-5-10(4-1)8-11-6-3-7-12-9-11/h3,6-7,9-10H,1-2,4-5,8H2. The minimum absolute atomic E-state index is 0.939. The molecule has 0 aromatic carbocycles. The van der Waals surface area contributed by atoms with Gasteiger partial charge in [-0.3, -0.25) is 4.98 Å². The summed E-state index contributed by atoms with van der Waals surface area (Å²) in [6.45, 7) is 0. The molecule has 64 valence electrons. The van der Waals surface area contributed by atoms with Gasteiger partial charge in [0, 0.05) is 12.4 Å². The maximum atomic E-state index is 4.13. The summed E-state index contributed by atoms with van der Waals surface area (Å²) in [7, 11) is 0. The number of nitrogens with zero attached hydrogens (tertiary/aromatic N) is 1. The summed E-state index contributed by atoms with van der Waals surface area (Å²) in [6.07, 6.45) is 10.8. The maximum absolute atomic E-state index is 4.13. The van der Waals surface area contributed by atoms with Gasteiger partial charge in [-0.05, 0) is 24.0 Å². The van der Waals surface area contributed by atoms with E-state index < -0.39 is 0 Å². The molecule has 2 rings (SSSR count). The Morgan fingerprint density at radius 3 is 2.83 bits per heavy atom. The van der Waals surface area contributed by atoms with Crippen LogP contribution in [-0.2, 0) is 6.42 Å². The first kappa shape index (κ1) is 7.78. The lowest BCUT2D eigenvalue weighted by molar-refractivity contribution is 0.545. The Bertz CT molecular complexity index is 224. The molecule has 1 nitrogen and oxygen atoms in total. The van der Waals surface area contributed by atoms with Crippen LogP contribution in [-0.4, -0.2) is 4.98 Å². The minimum atomic E-state index is 0.939. The summed E-state index contributed by atoms with van der Waals surface area (Å²) < 4.78 is 0. The van der Waals surface area contributed by atoms with Crippen LogP contribution in [0.25, 0.3) is 0 Å². The van der Waals surface area contributed by atoms with E-state index in [-0.39, 0.29) is 0 Å². The fourth-order valence-corrected chi connectivity index (χ4v) is 2.07. The van der Waals surface area contributed by atoms with E-state index in [9.17, 15) is 0 Å². The van der Waals surface area contributed by atoms with Crippen LogP contribution in [0.2, 0.25) is 0 Å². The fourth-order valence-electron chi connectivity index (χ4n) is 2.07. The van der Waals surface area contributed by atoms with Crippen molar-refractivity contribution in [2.75, 3.05) is 0 Å². The molecular weight excluding hydrogens is 146 g/mol. The van der Waals surface area contributed by atoms with Crippen LogP contribution in [0.5, 0.6) is 0 Å². The van der Waals surface area contributed by atoms with Crippen LogP contribution >= 0.6 is 0 Å². The highest BCUT2D eigenvalue weighted by molar-refractivity contribution is 5.09. The highest BCUT2D eigenvalue weighted by atomic mass is 14.6. The van der Waals surface area contributed by atoms with Crippen molar-refractivity contribution in [3.63, 3.8) is 0 Å². The summed E-state index contributed by atoms with van der Waals surface area (Å²) in [5.41, 5.74) is 1.41. The van der Waals surface area contributed by atoms with Gasteiger partial charge in [0.15, 0.2) is 0 Å². The molecule has 1 heteroatoms. The van der Waals surface area contributed by atoms with Gasteiger partial charge in [-0.2, -0.15) is 0 Å². The van der Waals surface area contributed by atoms with E-state index in [0.717, 1.165) is 5.92 Å². The van der Waals surface area contributed by atoms with Crippen molar-refractivity contribution in [3.05, 3.63) is 30.1 Å². The van der Waals surface area contributed by atoms with Crippen molar-refractivity contribution in [2.24, 2.45) is 5.92 Å². The van der Waals surface area contributed by atoms with Crippen LogP contribution in [0.3, 0.4) is 0 Å². The van der Waals surface area contributed by atoms with Crippen molar-refractivity contribution in [1.29, 1.82) is 0 Å². The molecule has 1 fully saturated rings. The van der Waals surface area contributed by atoms with Crippen LogP contribution in [0.4, 0.5) is 0 Å². The molecule has 1 aliphatic carbocycles. The molecule has 0 amide bonds. The van der Waals surface area contributed by atoms with Crippen LogP contribution in [0, 0.1) is 5.92 Å². The topological polar surface area (TPSA) is 12.9 Å².